The van der Waals surface area contributed by atoms with Gasteiger partial charge in [0.2, 0.25) is 0 Å². The average molecular weight is 820 g/mol. The number of unbranched alkanes of at least 4 members (excludes halogenated alkanes) is 3. The standard InChI is InChI=1S/C37H61N3O11S3/c1-5-7-10-15-28(42)18-19-29-30(34(25-33(29)43)51-27(3)41)16-11-8-9-12-17-35(44)50-23-13-20-39-53(45,46)36-24-31-32(38-6-2)26-40(21-14-22-49-4)54(47,48)37(31)52-36/h8,11,20,24,28-30,32-34,38,42-43H,5-7,9-10,12-19,21-23,25-26H2,1-4H3/b11-8-,39-20+/t28-,29+,30+,32-,33+,34-/m0/s1. The average Bonchev–Trinajstić information content (AvgIpc) is 3.70. The highest BCUT2D eigenvalue weighted by Crippen LogP contribution is 2.42. The molecule has 1 aromatic heterocycles. The second kappa shape index (κ2) is 23.1. The molecule has 1 fully saturated rings. The SMILES string of the molecule is CCCCC[C@H](O)CC[C@@H]1[C@@H](C/C=C\CCCC(=O)OCC/C=N/S(=O)(=O)c2cc3c(s2)S(=O)(=O)N(CCCOC)C[C@@H]3NCC)[C@@H](OC(C)=O)C[C@H]1O. The summed E-state index contributed by atoms with van der Waals surface area (Å²) in [5.41, 5.74) is 0.416. The van der Waals surface area contributed by atoms with E-state index in [1.807, 2.05) is 19.1 Å². The van der Waals surface area contributed by atoms with Crippen LogP contribution in [-0.2, 0) is 43.8 Å². The highest BCUT2D eigenvalue weighted by atomic mass is 32.3. The van der Waals surface area contributed by atoms with Crippen molar-refractivity contribution in [3.63, 3.8) is 0 Å². The summed E-state index contributed by atoms with van der Waals surface area (Å²) in [6.45, 7) is 6.73. The van der Waals surface area contributed by atoms with Crippen molar-refractivity contribution >= 4 is 49.5 Å². The summed E-state index contributed by atoms with van der Waals surface area (Å²) in [6.07, 6.45) is 11.7. The van der Waals surface area contributed by atoms with E-state index < -0.39 is 38.2 Å². The Morgan fingerprint density at radius 2 is 1.89 bits per heavy atom. The van der Waals surface area contributed by atoms with Crippen molar-refractivity contribution in [3.8, 4) is 0 Å². The van der Waals surface area contributed by atoms with E-state index in [1.165, 1.54) is 17.3 Å². The van der Waals surface area contributed by atoms with Crippen molar-refractivity contribution in [2.45, 2.75) is 137 Å². The number of ether oxygens (including phenoxy) is 3. The van der Waals surface area contributed by atoms with Gasteiger partial charge in [0, 0.05) is 76.7 Å². The van der Waals surface area contributed by atoms with Crippen LogP contribution in [0.1, 0.15) is 116 Å². The largest absolute Gasteiger partial charge is 0.465 e. The van der Waals surface area contributed by atoms with Crippen molar-refractivity contribution in [2.24, 2.45) is 16.2 Å². The van der Waals surface area contributed by atoms with E-state index in [2.05, 4.69) is 16.6 Å². The molecule has 1 aliphatic carbocycles. The number of likely N-dealkylation sites (N-methyl/N-ethyl adjacent to an activating group) is 1. The lowest BCUT2D eigenvalue weighted by Gasteiger charge is -2.32. The maximum absolute atomic E-state index is 13.3. The van der Waals surface area contributed by atoms with Crippen LogP contribution >= 0.6 is 11.3 Å². The molecule has 0 saturated heterocycles. The van der Waals surface area contributed by atoms with Crippen LogP contribution in [0.5, 0.6) is 0 Å². The van der Waals surface area contributed by atoms with E-state index in [-0.39, 0.29) is 70.9 Å². The number of aliphatic hydroxyl groups is 2. The van der Waals surface area contributed by atoms with Crippen LogP contribution < -0.4 is 5.32 Å². The summed E-state index contributed by atoms with van der Waals surface area (Å²) in [5, 5.41) is 24.4. The second-order valence-corrected chi connectivity index (χ2v) is 19.0. The molecule has 1 aliphatic heterocycles. The number of allylic oxidation sites excluding steroid dienone is 2. The van der Waals surface area contributed by atoms with E-state index in [4.69, 9.17) is 14.2 Å². The Hall–Kier alpha value is -2.25. The Labute approximate surface area is 325 Å². The van der Waals surface area contributed by atoms with Crippen molar-refractivity contribution in [3.05, 3.63) is 23.8 Å². The summed E-state index contributed by atoms with van der Waals surface area (Å²) in [7, 11) is -6.52. The Bertz CT molecular complexity index is 1600. The minimum absolute atomic E-state index is 0.00775. The van der Waals surface area contributed by atoms with Gasteiger partial charge in [0.1, 0.15) is 14.5 Å². The highest BCUT2D eigenvalue weighted by molar-refractivity contribution is 7.94. The first-order chi connectivity index (χ1) is 25.7. The molecule has 1 saturated carbocycles. The van der Waals surface area contributed by atoms with Crippen LogP contribution in [0.25, 0.3) is 0 Å². The number of fused-ring (bicyclic) bond motifs is 1. The van der Waals surface area contributed by atoms with Gasteiger partial charge in [0.25, 0.3) is 20.0 Å². The molecule has 2 heterocycles. The molecule has 0 unspecified atom stereocenters. The molecule has 3 rings (SSSR count). The topological polar surface area (TPSA) is 198 Å². The third-order valence-electron chi connectivity index (χ3n) is 9.84. The fourth-order valence-corrected chi connectivity index (χ4v) is 11.9. The third kappa shape index (κ3) is 14.0. The lowest BCUT2D eigenvalue weighted by molar-refractivity contribution is -0.148. The van der Waals surface area contributed by atoms with Gasteiger partial charge in [-0.3, -0.25) is 9.59 Å². The van der Waals surface area contributed by atoms with E-state index in [1.54, 1.807) is 7.11 Å². The van der Waals surface area contributed by atoms with E-state index in [0.717, 1.165) is 31.9 Å². The first-order valence-electron chi connectivity index (χ1n) is 19.2. The highest BCUT2D eigenvalue weighted by Gasteiger charge is 2.43. The number of thiophene rings is 1. The summed E-state index contributed by atoms with van der Waals surface area (Å²) in [6, 6.07) is 1.02. The molecular formula is C37H61N3O11S3. The van der Waals surface area contributed by atoms with Gasteiger partial charge in [-0.2, -0.15) is 17.1 Å². The van der Waals surface area contributed by atoms with Gasteiger partial charge in [-0.05, 0) is 63.5 Å². The Morgan fingerprint density at radius 1 is 1.11 bits per heavy atom. The van der Waals surface area contributed by atoms with Gasteiger partial charge in [0.05, 0.1) is 18.8 Å². The number of aliphatic hydroxyl groups excluding tert-OH is 2. The minimum Gasteiger partial charge on any atom is -0.465 e. The summed E-state index contributed by atoms with van der Waals surface area (Å²) in [5.74, 6) is -0.955. The number of carbonyl (C=O) groups is 2. The van der Waals surface area contributed by atoms with Crippen LogP contribution in [-0.4, -0.2) is 108 Å². The maximum Gasteiger partial charge on any atom is 0.305 e. The molecule has 6 atom stereocenters. The number of hydrogen-bond donors (Lipinski definition) is 3. The molecular weight excluding hydrogens is 759 g/mol. The quantitative estimate of drug-likeness (QED) is 0.0523. The molecule has 0 amide bonds. The third-order valence-corrected chi connectivity index (χ3v) is 15.1. The Balaban J connectivity index is 1.44. The molecule has 2 aliphatic rings. The predicted octanol–water partition coefficient (Wildman–Crippen LogP) is 4.90. The molecule has 0 aromatic carbocycles. The predicted molar refractivity (Wildman–Crippen MR) is 207 cm³/mol. The van der Waals surface area contributed by atoms with Gasteiger partial charge in [-0.1, -0.05) is 45.3 Å². The fraction of sp³-hybridized carbons (Fsp3) is 0.757. The smallest absolute Gasteiger partial charge is 0.305 e. The zero-order chi connectivity index (χ0) is 39.7. The van der Waals surface area contributed by atoms with E-state index in [0.29, 0.717) is 75.0 Å². The monoisotopic (exact) mass is 819 g/mol. The number of rotatable bonds is 25. The summed E-state index contributed by atoms with van der Waals surface area (Å²) < 4.78 is 73.5. The normalized spacial score (nSPS) is 23.6. The minimum atomic E-state index is -4.18. The molecule has 0 bridgehead atoms. The van der Waals surface area contributed by atoms with Crippen LogP contribution in [0, 0.1) is 11.8 Å². The number of nitrogens with zero attached hydrogens (tertiary/aromatic N) is 2. The van der Waals surface area contributed by atoms with E-state index >= 15 is 0 Å². The van der Waals surface area contributed by atoms with Crippen molar-refractivity contribution < 1.29 is 50.8 Å². The molecule has 308 valence electrons. The van der Waals surface area contributed by atoms with Crippen molar-refractivity contribution in [1.29, 1.82) is 0 Å². The first kappa shape index (κ1) is 46.1. The molecule has 0 spiro atoms. The van der Waals surface area contributed by atoms with Gasteiger partial charge in [0.15, 0.2) is 0 Å². The zero-order valence-corrected chi connectivity index (χ0v) is 34.6. The zero-order valence-electron chi connectivity index (χ0n) is 32.2. The maximum atomic E-state index is 13.3. The van der Waals surface area contributed by atoms with Crippen molar-refractivity contribution in [2.75, 3.05) is 40.0 Å². The van der Waals surface area contributed by atoms with Gasteiger partial charge >= 0.3 is 11.9 Å². The summed E-state index contributed by atoms with van der Waals surface area (Å²) >= 11 is 0.687. The number of carbonyl (C=O) groups excluding carboxylic acids is 2. The number of esters is 2. The van der Waals surface area contributed by atoms with Gasteiger partial charge < -0.3 is 29.7 Å². The molecule has 3 N–H and O–H groups in total. The number of hydrogen-bond acceptors (Lipinski definition) is 13. The number of nitrogens with one attached hydrogen (secondary N) is 1. The van der Waals surface area contributed by atoms with Crippen LogP contribution in [0.15, 0.2) is 31.0 Å². The fourth-order valence-electron chi connectivity index (χ4n) is 7.10. The number of methoxy groups -OCH3 is 1. The molecule has 17 heteroatoms. The first-order valence-corrected chi connectivity index (χ1v) is 22.9. The lowest BCUT2D eigenvalue weighted by Crippen LogP contribution is -2.43. The Morgan fingerprint density at radius 3 is 2.59 bits per heavy atom. The molecule has 54 heavy (non-hydrogen) atoms. The number of sulfonamides is 2. The van der Waals surface area contributed by atoms with Crippen molar-refractivity contribution in [1.82, 2.24) is 9.62 Å². The second-order valence-electron chi connectivity index (χ2n) is 14.0. The van der Waals surface area contributed by atoms with Gasteiger partial charge in [-0.25, -0.2) is 8.42 Å². The molecule has 1 aromatic rings. The van der Waals surface area contributed by atoms with Crippen LogP contribution in [0.4, 0.5) is 0 Å². The molecule has 14 nitrogen and oxygen atoms in total. The lowest BCUT2D eigenvalue weighted by atomic mass is 9.85. The molecule has 0 radical (unpaired) electrons. The van der Waals surface area contributed by atoms with Crippen LogP contribution in [0.2, 0.25) is 0 Å². The summed E-state index contributed by atoms with van der Waals surface area (Å²) in [4.78, 5) is 24.0. The Kier molecular flexibility index (Phi) is 19.7. The van der Waals surface area contributed by atoms with Crippen LogP contribution in [0.3, 0.4) is 0 Å². The van der Waals surface area contributed by atoms with Gasteiger partial charge in [-0.15, -0.1) is 11.3 Å². The van der Waals surface area contributed by atoms with E-state index in [9.17, 15) is 36.6 Å².